The van der Waals surface area contributed by atoms with Crippen LogP contribution in [0.25, 0.3) is 0 Å². The van der Waals surface area contributed by atoms with E-state index in [9.17, 15) is 14.7 Å². The second kappa shape index (κ2) is 8.80. The van der Waals surface area contributed by atoms with Crippen molar-refractivity contribution in [3.8, 4) is 0 Å². The Hall–Kier alpha value is -2.30. The number of ketones is 2. The van der Waals surface area contributed by atoms with Gasteiger partial charge >= 0.3 is 0 Å². The molecule has 1 heterocycles. The summed E-state index contributed by atoms with van der Waals surface area (Å²) < 4.78 is 0. The minimum Gasteiger partial charge on any atom is -0.392 e. The molecule has 28 heavy (non-hydrogen) atoms. The Morgan fingerprint density at radius 1 is 1.14 bits per heavy atom. The van der Waals surface area contributed by atoms with Gasteiger partial charge in [0.15, 0.2) is 11.6 Å². The molecule has 0 radical (unpaired) electrons. The van der Waals surface area contributed by atoms with Crippen molar-refractivity contribution in [3.05, 3.63) is 70.8 Å². The molecule has 148 valence electrons. The molecule has 1 aliphatic rings. The zero-order valence-electron chi connectivity index (χ0n) is 16.9. The number of aryl methyl sites for hydroxylation is 2. The first-order valence-electron chi connectivity index (χ1n) is 10.0. The minimum absolute atomic E-state index is 0.0751. The van der Waals surface area contributed by atoms with Crippen molar-refractivity contribution in [1.82, 2.24) is 4.90 Å². The van der Waals surface area contributed by atoms with Crippen molar-refractivity contribution >= 4 is 11.6 Å². The van der Waals surface area contributed by atoms with Crippen LogP contribution in [-0.4, -0.2) is 40.8 Å². The molecule has 0 aliphatic carbocycles. The van der Waals surface area contributed by atoms with E-state index in [1.807, 2.05) is 36.1 Å². The van der Waals surface area contributed by atoms with Gasteiger partial charge in [0.05, 0.1) is 18.7 Å². The first-order valence-corrected chi connectivity index (χ1v) is 10.0. The molecule has 3 rings (SSSR count). The number of rotatable bonds is 7. The summed E-state index contributed by atoms with van der Waals surface area (Å²) in [4.78, 5) is 28.0. The minimum atomic E-state index is -0.738. The average Bonchev–Trinajstić information content (AvgIpc) is 2.97. The molecule has 1 fully saturated rings. The summed E-state index contributed by atoms with van der Waals surface area (Å²) in [5.41, 5.74) is 3.85. The Morgan fingerprint density at radius 3 is 2.36 bits per heavy atom. The molecule has 3 atom stereocenters. The first-order chi connectivity index (χ1) is 13.4. The highest BCUT2D eigenvalue weighted by Gasteiger charge is 2.46. The molecule has 0 amide bonds. The summed E-state index contributed by atoms with van der Waals surface area (Å²) in [6, 6.07) is 15.3. The highest BCUT2D eigenvalue weighted by molar-refractivity contribution is 6.13. The highest BCUT2D eigenvalue weighted by atomic mass is 16.3. The molecular formula is C24H29NO3. The quantitative estimate of drug-likeness (QED) is 0.588. The highest BCUT2D eigenvalue weighted by Crippen LogP contribution is 2.37. The topological polar surface area (TPSA) is 57.6 Å². The largest absolute Gasteiger partial charge is 0.392 e. The molecule has 1 aliphatic heterocycles. The second-order valence-electron chi connectivity index (χ2n) is 7.89. The molecule has 4 heteroatoms. The number of hydrogen-bond donors (Lipinski definition) is 1. The fourth-order valence-corrected chi connectivity index (χ4v) is 4.06. The lowest BCUT2D eigenvalue weighted by Crippen LogP contribution is -2.33. The molecule has 0 saturated carbocycles. The second-order valence-corrected chi connectivity index (χ2v) is 7.89. The summed E-state index contributed by atoms with van der Waals surface area (Å²) in [7, 11) is 0. The lowest BCUT2D eigenvalue weighted by molar-refractivity contribution is -0.118. The zero-order chi connectivity index (χ0) is 20.3. The Balaban J connectivity index is 1.96. The van der Waals surface area contributed by atoms with Crippen LogP contribution in [0.1, 0.15) is 53.4 Å². The van der Waals surface area contributed by atoms with Crippen LogP contribution >= 0.6 is 0 Å². The molecule has 3 unspecified atom stereocenters. The summed E-state index contributed by atoms with van der Waals surface area (Å²) in [5.74, 6) is -0.951. The predicted octanol–water partition coefficient (Wildman–Crippen LogP) is 3.75. The number of aliphatic hydroxyl groups excluding tert-OH is 1. The SMILES string of the molecule is CCCc1ccc(C2C(C(=O)c3ccc(C)cc3)C(=O)CN2CC(C)O)cc1. The van der Waals surface area contributed by atoms with Gasteiger partial charge in [-0.1, -0.05) is 67.4 Å². The number of β-amino-alcohol motifs (C(OH)–C–C–N with tert-alkyl or cyclic N) is 1. The van der Waals surface area contributed by atoms with Gasteiger partial charge < -0.3 is 5.11 Å². The number of benzene rings is 2. The van der Waals surface area contributed by atoms with Crippen LogP contribution in [0.2, 0.25) is 0 Å². The summed E-state index contributed by atoms with van der Waals surface area (Å²) >= 11 is 0. The van der Waals surface area contributed by atoms with Crippen LogP contribution in [0, 0.1) is 12.8 Å². The molecule has 1 saturated heterocycles. The average molecular weight is 380 g/mol. The standard InChI is InChI=1S/C24H29NO3/c1-4-5-18-8-12-19(13-9-18)23-22(21(27)15-25(23)14-17(3)26)24(28)20-10-6-16(2)7-11-20/h6-13,17,22-23,26H,4-5,14-15H2,1-3H3. The fourth-order valence-electron chi connectivity index (χ4n) is 4.06. The third-order valence-electron chi connectivity index (χ3n) is 5.39. The number of aliphatic hydroxyl groups is 1. The normalized spacial score (nSPS) is 21.1. The predicted molar refractivity (Wildman–Crippen MR) is 110 cm³/mol. The van der Waals surface area contributed by atoms with Crippen LogP contribution in [0.3, 0.4) is 0 Å². The van der Waals surface area contributed by atoms with Crippen LogP contribution in [0.4, 0.5) is 0 Å². The Labute approximate surface area is 167 Å². The molecule has 2 aromatic rings. The zero-order valence-corrected chi connectivity index (χ0v) is 16.9. The van der Waals surface area contributed by atoms with E-state index in [2.05, 4.69) is 19.1 Å². The van der Waals surface area contributed by atoms with E-state index >= 15 is 0 Å². The summed E-state index contributed by atoms with van der Waals surface area (Å²) in [6.07, 6.45) is 1.51. The van der Waals surface area contributed by atoms with Crippen molar-refractivity contribution in [2.45, 2.75) is 45.8 Å². The van der Waals surface area contributed by atoms with E-state index in [0.29, 0.717) is 12.1 Å². The number of nitrogens with zero attached hydrogens (tertiary/aromatic N) is 1. The van der Waals surface area contributed by atoms with Gasteiger partial charge in [0, 0.05) is 12.1 Å². The van der Waals surface area contributed by atoms with Crippen LogP contribution in [0.15, 0.2) is 48.5 Å². The van der Waals surface area contributed by atoms with Crippen molar-refractivity contribution in [2.24, 2.45) is 5.92 Å². The van der Waals surface area contributed by atoms with Crippen LogP contribution in [0.5, 0.6) is 0 Å². The van der Waals surface area contributed by atoms with Gasteiger partial charge in [-0.3, -0.25) is 14.5 Å². The van der Waals surface area contributed by atoms with E-state index in [1.54, 1.807) is 19.1 Å². The van der Waals surface area contributed by atoms with Gasteiger partial charge in [-0.2, -0.15) is 0 Å². The molecule has 1 N–H and O–H groups in total. The van der Waals surface area contributed by atoms with E-state index in [1.165, 1.54) is 5.56 Å². The van der Waals surface area contributed by atoms with Crippen molar-refractivity contribution < 1.29 is 14.7 Å². The Kier molecular flexibility index (Phi) is 6.42. The molecule has 4 nitrogen and oxygen atoms in total. The lowest BCUT2D eigenvalue weighted by atomic mass is 9.86. The molecule has 0 spiro atoms. The molecule has 0 aromatic heterocycles. The third kappa shape index (κ3) is 4.40. The Bertz CT molecular complexity index is 824. The Morgan fingerprint density at radius 2 is 1.79 bits per heavy atom. The maximum Gasteiger partial charge on any atom is 0.175 e. The van der Waals surface area contributed by atoms with Crippen molar-refractivity contribution in [3.63, 3.8) is 0 Å². The van der Waals surface area contributed by atoms with Crippen molar-refractivity contribution in [2.75, 3.05) is 13.1 Å². The van der Waals surface area contributed by atoms with Crippen LogP contribution in [-0.2, 0) is 11.2 Å². The maximum atomic E-state index is 13.2. The van der Waals surface area contributed by atoms with E-state index in [-0.39, 0.29) is 24.2 Å². The molecule has 2 aromatic carbocycles. The van der Waals surface area contributed by atoms with E-state index < -0.39 is 12.0 Å². The number of Topliss-reactive ketones (excluding diaryl/α,β-unsaturated/α-hetero) is 2. The van der Waals surface area contributed by atoms with E-state index in [0.717, 1.165) is 24.0 Å². The van der Waals surface area contributed by atoms with Crippen LogP contribution < -0.4 is 0 Å². The summed E-state index contributed by atoms with van der Waals surface area (Å²) in [6.45, 7) is 6.38. The third-order valence-corrected chi connectivity index (χ3v) is 5.39. The van der Waals surface area contributed by atoms with Gasteiger partial charge in [0.2, 0.25) is 0 Å². The summed E-state index contributed by atoms with van der Waals surface area (Å²) in [5, 5.41) is 9.91. The van der Waals surface area contributed by atoms with Gasteiger partial charge in [-0.15, -0.1) is 0 Å². The fraction of sp³-hybridized carbons (Fsp3) is 0.417. The lowest BCUT2D eigenvalue weighted by Gasteiger charge is -2.28. The number of hydrogen-bond acceptors (Lipinski definition) is 4. The molecular weight excluding hydrogens is 350 g/mol. The number of likely N-dealkylation sites (tertiary alicyclic amines) is 1. The van der Waals surface area contributed by atoms with Crippen molar-refractivity contribution in [1.29, 1.82) is 0 Å². The first kappa shape index (κ1) is 20.4. The maximum absolute atomic E-state index is 13.2. The number of carbonyl (C=O) groups excluding carboxylic acids is 2. The molecule has 0 bridgehead atoms. The van der Waals surface area contributed by atoms with Gasteiger partial charge in [0.1, 0.15) is 5.92 Å². The smallest absolute Gasteiger partial charge is 0.175 e. The van der Waals surface area contributed by atoms with Gasteiger partial charge in [-0.25, -0.2) is 0 Å². The van der Waals surface area contributed by atoms with Gasteiger partial charge in [0.25, 0.3) is 0 Å². The van der Waals surface area contributed by atoms with E-state index in [4.69, 9.17) is 0 Å². The van der Waals surface area contributed by atoms with Gasteiger partial charge in [-0.05, 0) is 31.4 Å². The monoisotopic (exact) mass is 379 g/mol. The number of carbonyl (C=O) groups is 2.